The molecule has 6 heteroatoms. The van der Waals surface area contributed by atoms with E-state index >= 15 is 0 Å². The zero-order valence-electron chi connectivity index (χ0n) is 11.5. The molecule has 0 fully saturated rings. The number of nitrogens with zero attached hydrogens (tertiary/aromatic N) is 1. The Morgan fingerprint density at radius 1 is 0.696 bits per heavy atom. The molecule has 23 heavy (non-hydrogen) atoms. The van der Waals surface area contributed by atoms with Crippen LogP contribution in [-0.2, 0) is 0 Å². The van der Waals surface area contributed by atoms with Gasteiger partial charge in [0.2, 0.25) is 0 Å². The Morgan fingerprint density at radius 3 is 1.91 bits per heavy atom. The summed E-state index contributed by atoms with van der Waals surface area (Å²) in [6, 6.07) is 12.7. The largest absolute Gasteiger partial charge is 0.245 e. The zero-order valence-corrected chi connectivity index (χ0v) is 14.5. The third kappa shape index (κ3) is 3.46. The molecule has 0 N–H and O–H groups in total. The van der Waals surface area contributed by atoms with Crippen molar-refractivity contribution < 1.29 is 4.39 Å². The monoisotopic (exact) mass is 385 g/mol. The molecule has 0 atom stereocenters. The summed E-state index contributed by atoms with van der Waals surface area (Å²) in [6.45, 7) is 0. The summed E-state index contributed by atoms with van der Waals surface area (Å²) in [6.07, 6.45) is 0. The Morgan fingerprint density at radius 2 is 1.26 bits per heavy atom. The fourth-order valence-electron chi connectivity index (χ4n) is 2.15. The van der Waals surface area contributed by atoms with Crippen LogP contribution < -0.4 is 0 Å². The first-order chi connectivity index (χ1) is 11.0. The van der Waals surface area contributed by atoms with Crippen LogP contribution in [0.15, 0.2) is 48.5 Å². The molecule has 0 amide bonds. The highest BCUT2D eigenvalue weighted by atomic mass is 35.5. The van der Waals surface area contributed by atoms with Crippen molar-refractivity contribution in [1.82, 2.24) is 4.98 Å². The van der Waals surface area contributed by atoms with Gasteiger partial charge in [-0.15, -0.1) is 0 Å². The Hall–Kier alpha value is -1.32. The van der Waals surface area contributed by atoms with Crippen LogP contribution >= 0.6 is 46.4 Å². The topological polar surface area (TPSA) is 12.9 Å². The SMILES string of the molecule is Fc1ccc(-c2cc(Cl)ccc2Cl)nc1-c1cc(Cl)ccc1Cl. The van der Waals surface area contributed by atoms with E-state index in [1.807, 2.05) is 0 Å². The van der Waals surface area contributed by atoms with E-state index in [9.17, 15) is 4.39 Å². The highest BCUT2D eigenvalue weighted by Gasteiger charge is 2.14. The van der Waals surface area contributed by atoms with Gasteiger partial charge in [-0.2, -0.15) is 0 Å². The van der Waals surface area contributed by atoms with Gasteiger partial charge in [-0.25, -0.2) is 9.37 Å². The van der Waals surface area contributed by atoms with Gasteiger partial charge in [0.1, 0.15) is 11.5 Å². The number of rotatable bonds is 2. The Balaban J connectivity index is 2.20. The van der Waals surface area contributed by atoms with Crippen LogP contribution in [0.5, 0.6) is 0 Å². The van der Waals surface area contributed by atoms with Crippen LogP contribution in [0.1, 0.15) is 0 Å². The molecule has 3 aromatic rings. The Kier molecular flexibility index (Phi) is 4.79. The second kappa shape index (κ2) is 6.66. The summed E-state index contributed by atoms with van der Waals surface area (Å²) in [7, 11) is 0. The van der Waals surface area contributed by atoms with Crippen LogP contribution in [-0.4, -0.2) is 4.98 Å². The maximum absolute atomic E-state index is 14.2. The summed E-state index contributed by atoms with van der Waals surface area (Å²) >= 11 is 24.3. The minimum absolute atomic E-state index is 0.103. The van der Waals surface area contributed by atoms with Crippen molar-refractivity contribution in [3.05, 3.63) is 74.4 Å². The quantitative estimate of drug-likeness (QED) is 0.454. The lowest BCUT2D eigenvalue weighted by atomic mass is 10.1. The lowest BCUT2D eigenvalue weighted by Gasteiger charge is -2.10. The number of hydrogen-bond donors (Lipinski definition) is 0. The third-order valence-corrected chi connectivity index (χ3v) is 4.36. The normalized spacial score (nSPS) is 10.8. The summed E-state index contributed by atoms with van der Waals surface area (Å²) in [5.41, 5.74) is 1.62. The third-order valence-electron chi connectivity index (χ3n) is 3.23. The predicted octanol–water partition coefficient (Wildman–Crippen LogP) is 7.17. The lowest BCUT2D eigenvalue weighted by molar-refractivity contribution is 0.626. The second-order valence-corrected chi connectivity index (χ2v) is 6.46. The smallest absolute Gasteiger partial charge is 0.149 e. The molecule has 1 aromatic heterocycles. The summed E-state index contributed by atoms with van der Waals surface area (Å²) in [5.74, 6) is -0.504. The molecule has 116 valence electrons. The first-order valence-corrected chi connectivity index (χ1v) is 8.04. The van der Waals surface area contributed by atoms with E-state index in [-0.39, 0.29) is 5.69 Å². The van der Waals surface area contributed by atoms with Crippen molar-refractivity contribution in [2.24, 2.45) is 0 Å². The predicted molar refractivity (Wildman–Crippen MR) is 95.1 cm³/mol. The van der Waals surface area contributed by atoms with Crippen molar-refractivity contribution in [1.29, 1.82) is 0 Å². The van der Waals surface area contributed by atoms with E-state index in [1.165, 1.54) is 12.1 Å². The number of halogens is 5. The van der Waals surface area contributed by atoms with Crippen LogP contribution in [0.2, 0.25) is 20.1 Å². The summed E-state index contributed by atoms with van der Waals surface area (Å²) < 4.78 is 14.2. The summed E-state index contributed by atoms with van der Waals surface area (Å²) in [5, 5.41) is 1.78. The Bertz CT molecular complexity index is 896. The van der Waals surface area contributed by atoms with Gasteiger partial charge in [0, 0.05) is 21.2 Å². The molecule has 0 saturated heterocycles. The number of benzene rings is 2. The number of pyridine rings is 1. The Labute approximate surface area is 152 Å². The molecule has 1 nitrogen and oxygen atoms in total. The number of aromatic nitrogens is 1. The molecule has 0 spiro atoms. The number of hydrogen-bond acceptors (Lipinski definition) is 1. The van der Waals surface area contributed by atoms with Gasteiger partial charge in [-0.05, 0) is 48.5 Å². The average molecular weight is 387 g/mol. The molecule has 0 aliphatic rings. The van der Waals surface area contributed by atoms with Crippen molar-refractivity contribution in [2.45, 2.75) is 0 Å². The van der Waals surface area contributed by atoms with Crippen molar-refractivity contribution in [2.75, 3.05) is 0 Å². The molecule has 0 saturated carbocycles. The van der Waals surface area contributed by atoms with E-state index in [0.29, 0.717) is 36.9 Å². The molecule has 0 unspecified atom stereocenters. The van der Waals surface area contributed by atoms with E-state index in [2.05, 4.69) is 4.98 Å². The molecule has 0 bridgehead atoms. The van der Waals surface area contributed by atoms with Crippen LogP contribution in [0.25, 0.3) is 22.5 Å². The van der Waals surface area contributed by atoms with Gasteiger partial charge in [0.05, 0.1) is 15.7 Å². The minimum atomic E-state index is -0.504. The van der Waals surface area contributed by atoms with E-state index in [1.54, 1.807) is 36.4 Å². The van der Waals surface area contributed by atoms with Crippen LogP contribution in [0.3, 0.4) is 0 Å². The summed E-state index contributed by atoms with van der Waals surface area (Å²) in [4.78, 5) is 4.36. The maximum atomic E-state index is 14.2. The fourth-order valence-corrected chi connectivity index (χ4v) is 2.92. The first kappa shape index (κ1) is 16.5. The van der Waals surface area contributed by atoms with E-state index < -0.39 is 5.82 Å². The molecule has 1 heterocycles. The van der Waals surface area contributed by atoms with Gasteiger partial charge in [-0.1, -0.05) is 46.4 Å². The molecular weight excluding hydrogens is 379 g/mol. The van der Waals surface area contributed by atoms with E-state index in [0.717, 1.165) is 0 Å². The first-order valence-electron chi connectivity index (χ1n) is 6.53. The molecule has 3 rings (SSSR count). The van der Waals surface area contributed by atoms with Gasteiger partial charge < -0.3 is 0 Å². The van der Waals surface area contributed by atoms with Crippen molar-refractivity contribution in [3.8, 4) is 22.5 Å². The van der Waals surface area contributed by atoms with E-state index in [4.69, 9.17) is 46.4 Å². The minimum Gasteiger partial charge on any atom is -0.245 e. The van der Waals surface area contributed by atoms with Crippen molar-refractivity contribution >= 4 is 46.4 Å². The zero-order chi connectivity index (χ0) is 16.6. The maximum Gasteiger partial charge on any atom is 0.149 e. The standard InChI is InChI=1S/C17H8Cl4FN/c18-9-1-3-13(20)11(7-9)16-6-5-15(22)17(23-16)12-8-10(19)2-4-14(12)21/h1-8H. The second-order valence-electron chi connectivity index (χ2n) is 4.78. The van der Waals surface area contributed by atoms with Gasteiger partial charge in [0.25, 0.3) is 0 Å². The molecular formula is C17H8Cl4FN. The van der Waals surface area contributed by atoms with Gasteiger partial charge >= 0.3 is 0 Å². The highest BCUT2D eigenvalue weighted by molar-refractivity contribution is 6.36. The fraction of sp³-hybridized carbons (Fsp3) is 0. The van der Waals surface area contributed by atoms with Crippen molar-refractivity contribution in [3.63, 3.8) is 0 Å². The van der Waals surface area contributed by atoms with Gasteiger partial charge in [-0.3, -0.25) is 0 Å². The molecule has 0 aliphatic carbocycles. The molecule has 0 radical (unpaired) electrons. The lowest BCUT2D eigenvalue weighted by Crippen LogP contribution is -1.94. The molecule has 2 aromatic carbocycles. The highest BCUT2D eigenvalue weighted by Crippen LogP contribution is 2.34. The molecule has 0 aliphatic heterocycles. The van der Waals surface area contributed by atoms with Crippen LogP contribution in [0, 0.1) is 5.82 Å². The van der Waals surface area contributed by atoms with Crippen LogP contribution in [0.4, 0.5) is 4.39 Å². The average Bonchev–Trinajstić information content (AvgIpc) is 2.53. The van der Waals surface area contributed by atoms with Gasteiger partial charge in [0.15, 0.2) is 0 Å².